The molecule has 4 nitrogen and oxygen atoms in total. The molecule has 0 radical (unpaired) electrons. The first-order chi connectivity index (χ1) is 11.7. The fourth-order valence-electron chi connectivity index (χ4n) is 2.61. The number of hydrogen-bond donors (Lipinski definition) is 1. The van der Waals surface area contributed by atoms with Gasteiger partial charge in [0, 0.05) is 40.3 Å². The minimum Gasteiger partial charge on any atom is -0.325 e. The number of anilines is 1. The van der Waals surface area contributed by atoms with E-state index in [4.69, 9.17) is 11.6 Å². The molecule has 4 rings (SSSR count). The number of benzene rings is 2. The number of imidazole rings is 1. The number of aryl methyl sites for hydroxylation is 1. The predicted octanol–water partition coefficient (Wildman–Crippen LogP) is 4.56. The van der Waals surface area contributed by atoms with Crippen LogP contribution in [0, 0.1) is 0 Å². The Hall–Kier alpha value is -2.24. The van der Waals surface area contributed by atoms with E-state index in [1.807, 2.05) is 24.3 Å². The molecule has 0 saturated heterocycles. The van der Waals surface area contributed by atoms with Gasteiger partial charge < -0.3 is 9.88 Å². The quantitative estimate of drug-likeness (QED) is 0.749. The van der Waals surface area contributed by atoms with Crippen molar-refractivity contribution in [1.82, 2.24) is 9.55 Å². The van der Waals surface area contributed by atoms with Gasteiger partial charge >= 0.3 is 0 Å². The lowest BCUT2D eigenvalue weighted by molar-refractivity contribution is 0.102. The van der Waals surface area contributed by atoms with Crippen molar-refractivity contribution in [3.63, 3.8) is 0 Å². The third kappa shape index (κ3) is 3.05. The lowest BCUT2D eigenvalue weighted by Crippen LogP contribution is -2.11. The summed E-state index contributed by atoms with van der Waals surface area (Å²) in [6.07, 6.45) is 2.06. The van der Waals surface area contributed by atoms with Crippen LogP contribution in [0.15, 0.2) is 59.9 Å². The topological polar surface area (TPSA) is 46.9 Å². The maximum absolute atomic E-state index is 12.3. The molecule has 0 bridgehead atoms. The van der Waals surface area contributed by atoms with E-state index in [9.17, 15) is 4.79 Å². The molecule has 2 heterocycles. The van der Waals surface area contributed by atoms with Gasteiger partial charge in [-0.2, -0.15) is 0 Å². The number of aromatic nitrogens is 2. The highest BCUT2D eigenvalue weighted by Gasteiger charge is 2.15. The van der Waals surface area contributed by atoms with Gasteiger partial charge in [-0.15, -0.1) is 0 Å². The summed E-state index contributed by atoms with van der Waals surface area (Å²) < 4.78 is 2.17. The molecule has 2 aromatic carbocycles. The molecule has 0 atom stereocenters. The van der Waals surface area contributed by atoms with E-state index in [1.165, 1.54) is 0 Å². The van der Waals surface area contributed by atoms with E-state index in [1.54, 1.807) is 36.0 Å². The van der Waals surface area contributed by atoms with Crippen molar-refractivity contribution < 1.29 is 4.79 Å². The number of carbonyl (C=O) groups is 1. The van der Waals surface area contributed by atoms with Crippen molar-refractivity contribution in [1.29, 1.82) is 0 Å². The molecule has 3 aromatic rings. The number of rotatable bonds is 3. The molecule has 120 valence electrons. The third-order valence-corrected chi connectivity index (χ3v) is 5.05. The van der Waals surface area contributed by atoms with Crippen molar-refractivity contribution in [3.8, 4) is 11.3 Å². The van der Waals surface area contributed by atoms with Gasteiger partial charge in [-0.05, 0) is 36.4 Å². The standard InChI is InChI=1S/C18H14ClN3OS/c19-14-6-4-12(5-7-14)17(23)20-15-3-1-2-13(10-15)16-11-22-8-9-24-18(22)21-16/h1-7,10-11H,8-9H2,(H,20,23). The summed E-state index contributed by atoms with van der Waals surface area (Å²) in [5.41, 5.74) is 3.24. The molecule has 0 spiro atoms. The van der Waals surface area contributed by atoms with Gasteiger partial charge in [0.2, 0.25) is 0 Å². The van der Waals surface area contributed by atoms with E-state index < -0.39 is 0 Å². The van der Waals surface area contributed by atoms with Crippen LogP contribution < -0.4 is 5.32 Å². The molecule has 0 fully saturated rings. The van der Waals surface area contributed by atoms with E-state index >= 15 is 0 Å². The summed E-state index contributed by atoms with van der Waals surface area (Å²) in [6.45, 7) is 1.000. The van der Waals surface area contributed by atoms with Crippen molar-refractivity contribution in [2.45, 2.75) is 11.7 Å². The van der Waals surface area contributed by atoms with Gasteiger partial charge in [0.1, 0.15) is 0 Å². The Morgan fingerprint density at radius 3 is 2.83 bits per heavy atom. The van der Waals surface area contributed by atoms with E-state index in [2.05, 4.69) is 21.1 Å². The average molecular weight is 356 g/mol. The number of thioether (sulfide) groups is 1. The van der Waals surface area contributed by atoms with Gasteiger partial charge in [0.15, 0.2) is 5.16 Å². The van der Waals surface area contributed by atoms with Crippen LogP contribution in [0.5, 0.6) is 0 Å². The van der Waals surface area contributed by atoms with E-state index in [0.29, 0.717) is 10.6 Å². The summed E-state index contributed by atoms with van der Waals surface area (Å²) in [4.78, 5) is 17.0. The van der Waals surface area contributed by atoms with Gasteiger partial charge in [-0.3, -0.25) is 4.79 Å². The highest BCUT2D eigenvalue weighted by molar-refractivity contribution is 7.99. The molecule has 6 heteroatoms. The number of fused-ring (bicyclic) bond motifs is 1. The Bertz CT molecular complexity index is 883. The van der Waals surface area contributed by atoms with Gasteiger partial charge in [0.25, 0.3) is 5.91 Å². The fraction of sp³-hybridized carbons (Fsp3) is 0.111. The first kappa shape index (κ1) is 15.3. The molecule has 24 heavy (non-hydrogen) atoms. The Morgan fingerprint density at radius 2 is 2.04 bits per heavy atom. The molecule has 1 aliphatic rings. The van der Waals surface area contributed by atoms with Crippen LogP contribution in [0.1, 0.15) is 10.4 Å². The van der Waals surface area contributed by atoms with Crippen LogP contribution in [0.25, 0.3) is 11.3 Å². The molecule has 1 aromatic heterocycles. The SMILES string of the molecule is O=C(Nc1cccc(-c2cn3c(n2)SCC3)c1)c1ccc(Cl)cc1. The Balaban J connectivity index is 1.56. The van der Waals surface area contributed by atoms with Gasteiger partial charge in [-0.1, -0.05) is 35.5 Å². The van der Waals surface area contributed by atoms with Gasteiger partial charge in [0.05, 0.1) is 5.69 Å². The molecule has 0 aliphatic carbocycles. The number of amides is 1. The molecule has 0 saturated carbocycles. The van der Waals surface area contributed by atoms with Crippen molar-refractivity contribution >= 4 is 35.0 Å². The molecule has 0 unspecified atom stereocenters. The largest absolute Gasteiger partial charge is 0.325 e. The Labute approximate surface area is 148 Å². The third-order valence-electron chi connectivity index (χ3n) is 3.83. The first-order valence-corrected chi connectivity index (χ1v) is 8.93. The molecular formula is C18H14ClN3OS. The highest BCUT2D eigenvalue weighted by Crippen LogP contribution is 2.30. The second-order valence-corrected chi connectivity index (χ2v) is 6.99. The number of halogens is 1. The summed E-state index contributed by atoms with van der Waals surface area (Å²) in [5.74, 6) is 0.923. The van der Waals surface area contributed by atoms with Crippen LogP contribution in [0.3, 0.4) is 0 Å². The maximum atomic E-state index is 12.3. The lowest BCUT2D eigenvalue weighted by Gasteiger charge is -2.07. The smallest absolute Gasteiger partial charge is 0.255 e. The lowest BCUT2D eigenvalue weighted by atomic mass is 10.1. The molecule has 1 aliphatic heterocycles. The van der Waals surface area contributed by atoms with Crippen molar-refractivity contribution in [2.75, 3.05) is 11.1 Å². The summed E-state index contributed by atoms with van der Waals surface area (Å²) >= 11 is 7.62. The van der Waals surface area contributed by atoms with Crippen LogP contribution in [0.2, 0.25) is 5.02 Å². The minimum absolute atomic E-state index is 0.160. The highest BCUT2D eigenvalue weighted by atomic mass is 35.5. The number of carbonyl (C=O) groups excluding carboxylic acids is 1. The second kappa shape index (κ2) is 6.34. The maximum Gasteiger partial charge on any atom is 0.255 e. The zero-order valence-corrected chi connectivity index (χ0v) is 14.3. The van der Waals surface area contributed by atoms with Crippen LogP contribution in [0.4, 0.5) is 5.69 Å². The van der Waals surface area contributed by atoms with Crippen LogP contribution >= 0.6 is 23.4 Å². The predicted molar refractivity (Wildman–Crippen MR) is 97.8 cm³/mol. The summed E-state index contributed by atoms with van der Waals surface area (Å²) in [6, 6.07) is 14.6. The van der Waals surface area contributed by atoms with Crippen LogP contribution in [-0.4, -0.2) is 21.2 Å². The number of nitrogens with zero attached hydrogens (tertiary/aromatic N) is 2. The monoisotopic (exact) mass is 355 g/mol. The van der Waals surface area contributed by atoms with Gasteiger partial charge in [-0.25, -0.2) is 4.98 Å². The Kier molecular flexibility index (Phi) is 4.04. The summed E-state index contributed by atoms with van der Waals surface area (Å²) in [5, 5.41) is 4.58. The molecular weight excluding hydrogens is 342 g/mol. The Morgan fingerprint density at radius 1 is 1.21 bits per heavy atom. The summed E-state index contributed by atoms with van der Waals surface area (Å²) in [7, 11) is 0. The average Bonchev–Trinajstić information content (AvgIpc) is 3.17. The minimum atomic E-state index is -0.160. The normalized spacial score (nSPS) is 12.9. The van der Waals surface area contributed by atoms with E-state index in [0.717, 1.165) is 34.4 Å². The fourth-order valence-corrected chi connectivity index (χ4v) is 3.68. The van der Waals surface area contributed by atoms with Crippen LogP contribution in [-0.2, 0) is 6.54 Å². The van der Waals surface area contributed by atoms with Crippen molar-refractivity contribution in [3.05, 3.63) is 65.3 Å². The number of hydrogen-bond acceptors (Lipinski definition) is 3. The molecule has 1 amide bonds. The number of nitrogens with one attached hydrogen (secondary N) is 1. The van der Waals surface area contributed by atoms with E-state index in [-0.39, 0.29) is 5.91 Å². The second-order valence-electron chi connectivity index (χ2n) is 5.49. The molecule has 1 N–H and O–H groups in total. The van der Waals surface area contributed by atoms with Crippen molar-refractivity contribution in [2.24, 2.45) is 0 Å². The zero-order valence-electron chi connectivity index (χ0n) is 12.7. The first-order valence-electron chi connectivity index (χ1n) is 7.56. The zero-order chi connectivity index (χ0) is 16.5.